The molecule has 0 atom stereocenters. The van der Waals surface area contributed by atoms with Gasteiger partial charge in [-0.15, -0.1) is 0 Å². The molecule has 0 saturated carbocycles. The lowest BCUT2D eigenvalue weighted by atomic mass is 9.98. The van der Waals surface area contributed by atoms with Gasteiger partial charge in [-0.25, -0.2) is 4.79 Å². The third-order valence-electron chi connectivity index (χ3n) is 5.02. The van der Waals surface area contributed by atoms with Gasteiger partial charge in [-0.3, -0.25) is 0 Å². The largest absolute Gasteiger partial charge is 0.506 e. The van der Waals surface area contributed by atoms with Crippen LogP contribution in [-0.4, -0.2) is 24.4 Å². The molecule has 5 heteroatoms. The predicted octanol–water partition coefficient (Wildman–Crippen LogP) is 5.60. The van der Waals surface area contributed by atoms with Gasteiger partial charge >= 0.3 is 6.09 Å². The van der Waals surface area contributed by atoms with E-state index in [1.54, 1.807) is 30.4 Å². The summed E-state index contributed by atoms with van der Waals surface area (Å²) in [6.45, 7) is 0.557. The van der Waals surface area contributed by atoms with E-state index in [9.17, 15) is 9.90 Å². The molecule has 0 aromatic heterocycles. The molecule has 0 saturated heterocycles. The number of hydrogen-bond donors (Lipinski definition) is 2. The summed E-state index contributed by atoms with van der Waals surface area (Å²) in [5.41, 5.74) is 5.34. The predicted molar refractivity (Wildman–Crippen MR) is 115 cm³/mol. The lowest BCUT2D eigenvalue weighted by Gasteiger charge is -2.14. The van der Waals surface area contributed by atoms with Gasteiger partial charge in [0.15, 0.2) is 0 Å². The molecule has 146 valence electrons. The molecular weight excluding hydrogens is 386 g/mol. The Morgan fingerprint density at radius 3 is 2.34 bits per heavy atom. The molecule has 3 aromatic rings. The van der Waals surface area contributed by atoms with Crippen LogP contribution in [-0.2, 0) is 4.74 Å². The monoisotopic (exact) mass is 405 g/mol. The lowest BCUT2D eigenvalue weighted by molar-refractivity contribution is 0.144. The van der Waals surface area contributed by atoms with Crippen molar-refractivity contribution in [3.63, 3.8) is 0 Å². The maximum absolute atomic E-state index is 12.1. The SMILES string of the molecule is O=C(NCC=Cc1cccc(Cl)c1O)OCC1c2ccccc2-c2ccccc21. The van der Waals surface area contributed by atoms with E-state index in [2.05, 4.69) is 29.6 Å². The number of phenolic OH excluding ortho intramolecular Hbond substituents is 1. The van der Waals surface area contributed by atoms with E-state index in [0.717, 1.165) is 0 Å². The summed E-state index contributed by atoms with van der Waals surface area (Å²) in [5, 5.41) is 12.9. The van der Waals surface area contributed by atoms with E-state index < -0.39 is 6.09 Å². The fraction of sp³-hybridized carbons (Fsp3) is 0.125. The number of halogens is 1. The summed E-state index contributed by atoms with van der Waals surface area (Å²) < 4.78 is 5.48. The van der Waals surface area contributed by atoms with Gasteiger partial charge in [0.2, 0.25) is 0 Å². The highest BCUT2D eigenvalue weighted by Crippen LogP contribution is 2.44. The molecule has 0 bridgehead atoms. The Balaban J connectivity index is 1.34. The number of amides is 1. The zero-order chi connectivity index (χ0) is 20.2. The summed E-state index contributed by atoms with van der Waals surface area (Å²) in [4.78, 5) is 12.1. The number of rotatable bonds is 5. The second kappa shape index (κ2) is 8.41. The first-order chi connectivity index (χ1) is 14.1. The zero-order valence-corrected chi connectivity index (χ0v) is 16.4. The van der Waals surface area contributed by atoms with Crippen LogP contribution in [0.3, 0.4) is 0 Å². The zero-order valence-electron chi connectivity index (χ0n) is 15.6. The van der Waals surface area contributed by atoms with Crippen molar-refractivity contribution in [2.45, 2.75) is 5.92 Å². The summed E-state index contributed by atoms with van der Waals surface area (Å²) >= 11 is 5.88. The Morgan fingerprint density at radius 1 is 1.00 bits per heavy atom. The number of ether oxygens (including phenoxy) is 1. The van der Waals surface area contributed by atoms with Crippen molar-refractivity contribution < 1.29 is 14.6 Å². The average Bonchev–Trinajstić information content (AvgIpc) is 3.06. The normalized spacial score (nSPS) is 12.6. The molecular formula is C24H20ClNO3. The number of carbonyl (C=O) groups excluding carboxylic acids is 1. The number of hydrogen-bond acceptors (Lipinski definition) is 3. The van der Waals surface area contributed by atoms with Crippen molar-refractivity contribution in [2.24, 2.45) is 0 Å². The lowest BCUT2D eigenvalue weighted by Crippen LogP contribution is -2.26. The Labute approximate surface area is 174 Å². The molecule has 0 radical (unpaired) electrons. The number of para-hydroxylation sites is 1. The maximum Gasteiger partial charge on any atom is 0.407 e. The third kappa shape index (κ3) is 3.98. The van der Waals surface area contributed by atoms with E-state index >= 15 is 0 Å². The van der Waals surface area contributed by atoms with Crippen LogP contribution in [0.15, 0.2) is 72.8 Å². The summed E-state index contributed by atoms with van der Waals surface area (Å²) in [7, 11) is 0. The summed E-state index contributed by atoms with van der Waals surface area (Å²) in [6, 6.07) is 21.5. The second-order valence-electron chi connectivity index (χ2n) is 6.79. The van der Waals surface area contributed by atoms with Gasteiger partial charge in [0, 0.05) is 18.0 Å². The molecule has 3 aromatic carbocycles. The molecule has 0 spiro atoms. The van der Waals surface area contributed by atoms with Crippen LogP contribution in [0, 0.1) is 0 Å². The van der Waals surface area contributed by atoms with E-state index in [0.29, 0.717) is 5.56 Å². The highest BCUT2D eigenvalue weighted by molar-refractivity contribution is 6.32. The fourth-order valence-electron chi connectivity index (χ4n) is 3.64. The van der Waals surface area contributed by atoms with Gasteiger partial charge in [-0.2, -0.15) is 0 Å². The van der Waals surface area contributed by atoms with Crippen LogP contribution in [0.2, 0.25) is 5.02 Å². The van der Waals surface area contributed by atoms with E-state index in [4.69, 9.17) is 16.3 Å². The number of aromatic hydroxyl groups is 1. The molecule has 29 heavy (non-hydrogen) atoms. The molecule has 0 heterocycles. The van der Waals surface area contributed by atoms with Gasteiger partial charge in [0.1, 0.15) is 12.4 Å². The molecule has 4 nitrogen and oxygen atoms in total. The van der Waals surface area contributed by atoms with Gasteiger partial charge in [0.25, 0.3) is 0 Å². The van der Waals surface area contributed by atoms with E-state index in [1.165, 1.54) is 22.3 Å². The molecule has 0 fully saturated rings. The fourth-order valence-corrected chi connectivity index (χ4v) is 3.83. The molecule has 1 aliphatic rings. The van der Waals surface area contributed by atoms with Crippen molar-refractivity contribution in [2.75, 3.05) is 13.2 Å². The number of nitrogens with one attached hydrogen (secondary N) is 1. The minimum Gasteiger partial charge on any atom is -0.506 e. The van der Waals surface area contributed by atoms with Crippen LogP contribution < -0.4 is 5.32 Å². The topological polar surface area (TPSA) is 58.6 Å². The van der Waals surface area contributed by atoms with Crippen LogP contribution >= 0.6 is 11.6 Å². The van der Waals surface area contributed by atoms with Crippen LogP contribution in [0.5, 0.6) is 5.75 Å². The minimum absolute atomic E-state index is 0.0200. The molecule has 1 aliphatic carbocycles. The molecule has 2 N–H and O–H groups in total. The number of benzene rings is 3. The van der Waals surface area contributed by atoms with Gasteiger partial charge in [0.05, 0.1) is 5.02 Å². The first-order valence-electron chi connectivity index (χ1n) is 9.38. The number of carbonyl (C=O) groups is 1. The highest BCUT2D eigenvalue weighted by atomic mass is 35.5. The van der Waals surface area contributed by atoms with Crippen molar-refractivity contribution in [3.8, 4) is 16.9 Å². The summed E-state index contributed by atoms with van der Waals surface area (Å²) in [5.74, 6) is 0.0543. The van der Waals surface area contributed by atoms with Crippen LogP contribution in [0.1, 0.15) is 22.6 Å². The smallest absolute Gasteiger partial charge is 0.407 e. The number of phenols is 1. The van der Waals surface area contributed by atoms with E-state index in [1.807, 2.05) is 24.3 Å². The molecule has 1 amide bonds. The minimum atomic E-state index is -0.480. The Kier molecular flexibility index (Phi) is 5.54. The first-order valence-corrected chi connectivity index (χ1v) is 9.76. The van der Waals surface area contributed by atoms with Gasteiger partial charge < -0.3 is 15.2 Å². The number of fused-ring (bicyclic) bond motifs is 3. The van der Waals surface area contributed by atoms with Crippen molar-refractivity contribution in [1.29, 1.82) is 0 Å². The quantitative estimate of drug-likeness (QED) is 0.581. The van der Waals surface area contributed by atoms with Gasteiger partial charge in [-0.1, -0.05) is 84.4 Å². The van der Waals surface area contributed by atoms with Crippen LogP contribution in [0.25, 0.3) is 17.2 Å². The highest BCUT2D eigenvalue weighted by Gasteiger charge is 2.28. The Morgan fingerprint density at radius 2 is 1.66 bits per heavy atom. The van der Waals surface area contributed by atoms with Gasteiger partial charge in [-0.05, 0) is 28.3 Å². The van der Waals surface area contributed by atoms with Crippen molar-refractivity contribution in [3.05, 3.63) is 94.5 Å². The van der Waals surface area contributed by atoms with Crippen molar-refractivity contribution >= 4 is 23.8 Å². The standard InChI is InChI=1S/C24H20ClNO3/c25-22-13-5-7-16(23(22)27)8-6-14-26-24(28)29-15-21-19-11-3-1-9-17(19)18-10-2-4-12-20(18)21/h1-13,21,27H,14-15H2,(H,26,28). The second-order valence-corrected chi connectivity index (χ2v) is 7.19. The van der Waals surface area contributed by atoms with Crippen molar-refractivity contribution in [1.82, 2.24) is 5.32 Å². The van der Waals surface area contributed by atoms with Crippen LogP contribution in [0.4, 0.5) is 4.79 Å². The molecule has 0 unspecified atom stereocenters. The molecule has 4 rings (SSSR count). The maximum atomic E-state index is 12.1. The van der Waals surface area contributed by atoms with E-state index in [-0.39, 0.29) is 29.8 Å². The molecule has 0 aliphatic heterocycles. The summed E-state index contributed by atoms with van der Waals surface area (Å²) in [6.07, 6.45) is 2.95. The third-order valence-corrected chi connectivity index (χ3v) is 5.33. The average molecular weight is 406 g/mol. The Hall–Kier alpha value is -3.24. The Bertz CT molecular complexity index is 1030. The number of alkyl carbamates (subject to hydrolysis) is 1. The first kappa shape index (κ1) is 19.1.